The highest BCUT2D eigenvalue weighted by molar-refractivity contribution is 7.92. The highest BCUT2D eigenvalue weighted by Crippen LogP contribution is 2.35. The number of halogens is 1. The molecule has 2 heterocycles. The van der Waals surface area contributed by atoms with Gasteiger partial charge in [-0.05, 0) is 24.6 Å². The molecule has 162 valence electrons. The van der Waals surface area contributed by atoms with Crippen LogP contribution in [0.3, 0.4) is 0 Å². The molecule has 0 bridgehead atoms. The van der Waals surface area contributed by atoms with Crippen molar-refractivity contribution < 1.29 is 30.7 Å². The van der Waals surface area contributed by atoms with Crippen molar-refractivity contribution >= 4 is 19.9 Å². The lowest BCUT2D eigenvalue weighted by atomic mass is 10.1. The molecule has 0 spiro atoms. The first kappa shape index (κ1) is 21.1. The summed E-state index contributed by atoms with van der Waals surface area (Å²) in [7, 11) is -7.68. The second kappa shape index (κ2) is 8.16. The van der Waals surface area contributed by atoms with Crippen molar-refractivity contribution in [3.63, 3.8) is 0 Å². The Labute approximate surface area is 175 Å². The molecule has 1 fully saturated rings. The highest BCUT2D eigenvalue weighted by Gasteiger charge is 2.37. The molecule has 0 amide bonds. The summed E-state index contributed by atoms with van der Waals surface area (Å²) < 4.78 is 78.4. The minimum absolute atomic E-state index is 0.00786. The van der Waals surface area contributed by atoms with Gasteiger partial charge >= 0.3 is 0 Å². The van der Waals surface area contributed by atoms with E-state index in [0.717, 1.165) is 4.31 Å². The maximum Gasteiger partial charge on any atom is 0.243 e. The smallest absolute Gasteiger partial charge is 0.243 e. The second-order valence-electron chi connectivity index (χ2n) is 7.23. The van der Waals surface area contributed by atoms with Gasteiger partial charge in [0.15, 0.2) is 21.3 Å². The molecule has 1 saturated heterocycles. The summed E-state index contributed by atoms with van der Waals surface area (Å²) in [5.41, 5.74) is 0.0762. The summed E-state index contributed by atoms with van der Waals surface area (Å²) in [4.78, 5) is 0.00786. The molecule has 0 aromatic heterocycles. The van der Waals surface area contributed by atoms with E-state index in [1.165, 1.54) is 30.3 Å². The van der Waals surface area contributed by atoms with Crippen molar-refractivity contribution in [1.29, 1.82) is 0 Å². The van der Waals surface area contributed by atoms with Crippen molar-refractivity contribution in [1.82, 2.24) is 4.31 Å². The SMILES string of the molecule is O=S1(=O)CCN(S(=O)(=O)c2ccc3c(c2)OCCCO3)CCC1c1ccccc1F. The topological polar surface area (TPSA) is 90.0 Å². The maximum absolute atomic E-state index is 14.2. The number of hydrogen-bond acceptors (Lipinski definition) is 6. The average molecular weight is 456 g/mol. The summed E-state index contributed by atoms with van der Waals surface area (Å²) in [5.74, 6) is -0.162. The van der Waals surface area contributed by atoms with Gasteiger partial charge in [-0.1, -0.05) is 18.2 Å². The molecule has 0 N–H and O–H groups in total. The van der Waals surface area contributed by atoms with Gasteiger partial charge in [-0.2, -0.15) is 4.31 Å². The van der Waals surface area contributed by atoms with Crippen LogP contribution in [0.5, 0.6) is 11.5 Å². The fourth-order valence-corrected chi connectivity index (χ4v) is 7.09. The first-order chi connectivity index (χ1) is 14.3. The molecule has 10 heteroatoms. The van der Waals surface area contributed by atoms with E-state index in [9.17, 15) is 21.2 Å². The lowest BCUT2D eigenvalue weighted by molar-refractivity contribution is 0.296. The molecule has 0 saturated carbocycles. The minimum Gasteiger partial charge on any atom is -0.490 e. The third-order valence-electron chi connectivity index (χ3n) is 5.31. The van der Waals surface area contributed by atoms with Gasteiger partial charge in [0.05, 0.1) is 29.1 Å². The van der Waals surface area contributed by atoms with Gasteiger partial charge in [0, 0.05) is 31.1 Å². The van der Waals surface area contributed by atoms with Gasteiger partial charge in [0.1, 0.15) is 5.82 Å². The van der Waals surface area contributed by atoms with Crippen LogP contribution in [-0.4, -0.2) is 53.2 Å². The zero-order valence-corrected chi connectivity index (χ0v) is 17.8. The minimum atomic E-state index is -3.96. The van der Waals surface area contributed by atoms with Crippen LogP contribution in [0, 0.1) is 5.82 Å². The normalized spacial score (nSPS) is 22.1. The monoisotopic (exact) mass is 455 g/mol. The van der Waals surface area contributed by atoms with Gasteiger partial charge in [-0.15, -0.1) is 0 Å². The number of sulfone groups is 1. The molecule has 0 radical (unpaired) electrons. The average Bonchev–Trinajstić information content (AvgIpc) is 3.04. The van der Waals surface area contributed by atoms with Crippen LogP contribution in [0.2, 0.25) is 0 Å². The summed E-state index contributed by atoms with van der Waals surface area (Å²) in [6, 6.07) is 10.1. The summed E-state index contributed by atoms with van der Waals surface area (Å²) in [5, 5.41) is -1.08. The first-order valence-corrected chi connectivity index (χ1v) is 12.8. The van der Waals surface area contributed by atoms with Crippen molar-refractivity contribution in [2.24, 2.45) is 0 Å². The Morgan fingerprint density at radius 3 is 2.50 bits per heavy atom. The molecule has 2 aliphatic heterocycles. The lowest BCUT2D eigenvalue weighted by Gasteiger charge is -2.20. The number of benzene rings is 2. The third-order valence-corrected chi connectivity index (χ3v) is 9.31. The van der Waals surface area contributed by atoms with Gasteiger partial charge in [-0.25, -0.2) is 21.2 Å². The van der Waals surface area contributed by atoms with E-state index in [4.69, 9.17) is 9.47 Å². The zero-order valence-electron chi connectivity index (χ0n) is 16.2. The molecule has 30 heavy (non-hydrogen) atoms. The van der Waals surface area contributed by atoms with E-state index in [2.05, 4.69) is 0 Å². The second-order valence-corrected chi connectivity index (χ2v) is 11.5. The molecule has 2 aliphatic rings. The van der Waals surface area contributed by atoms with E-state index >= 15 is 0 Å². The van der Waals surface area contributed by atoms with E-state index in [1.54, 1.807) is 12.1 Å². The highest BCUT2D eigenvalue weighted by atomic mass is 32.2. The van der Waals surface area contributed by atoms with E-state index < -0.39 is 30.9 Å². The van der Waals surface area contributed by atoms with Crippen LogP contribution < -0.4 is 9.47 Å². The van der Waals surface area contributed by atoms with Crippen LogP contribution in [0.4, 0.5) is 4.39 Å². The third kappa shape index (κ3) is 4.03. The molecule has 4 rings (SSSR count). The van der Waals surface area contributed by atoms with Gasteiger partial charge in [-0.3, -0.25) is 0 Å². The Morgan fingerprint density at radius 2 is 1.73 bits per heavy atom. The van der Waals surface area contributed by atoms with Crippen LogP contribution >= 0.6 is 0 Å². The Kier molecular flexibility index (Phi) is 5.73. The summed E-state index contributed by atoms with van der Waals surface area (Å²) in [6.07, 6.45) is 0.672. The molecule has 2 aromatic carbocycles. The predicted molar refractivity (Wildman–Crippen MR) is 108 cm³/mol. The van der Waals surface area contributed by atoms with Gasteiger partial charge < -0.3 is 9.47 Å². The number of sulfonamides is 1. The number of fused-ring (bicyclic) bond motifs is 1. The van der Waals surface area contributed by atoms with Crippen LogP contribution in [0.15, 0.2) is 47.4 Å². The largest absolute Gasteiger partial charge is 0.490 e. The maximum atomic E-state index is 14.2. The van der Waals surface area contributed by atoms with Crippen molar-refractivity contribution in [3.8, 4) is 11.5 Å². The number of ether oxygens (including phenoxy) is 2. The van der Waals surface area contributed by atoms with E-state index in [1.807, 2.05) is 0 Å². The Morgan fingerprint density at radius 1 is 1.00 bits per heavy atom. The van der Waals surface area contributed by atoms with Gasteiger partial charge in [0.25, 0.3) is 0 Å². The first-order valence-electron chi connectivity index (χ1n) is 9.65. The molecule has 1 atom stereocenters. The van der Waals surface area contributed by atoms with E-state index in [0.29, 0.717) is 31.1 Å². The molecular formula is C20H22FNO6S2. The Hall–Kier alpha value is -2.17. The van der Waals surface area contributed by atoms with Crippen molar-refractivity contribution in [3.05, 3.63) is 53.8 Å². The Bertz CT molecular complexity index is 1150. The summed E-state index contributed by atoms with van der Waals surface area (Å²) in [6.45, 7) is 0.683. The zero-order chi connectivity index (χ0) is 21.4. The Balaban J connectivity index is 1.62. The fraction of sp³-hybridized carbons (Fsp3) is 0.400. The van der Waals surface area contributed by atoms with Crippen molar-refractivity contribution in [2.75, 3.05) is 32.1 Å². The van der Waals surface area contributed by atoms with Crippen LogP contribution in [0.25, 0.3) is 0 Å². The van der Waals surface area contributed by atoms with Crippen LogP contribution in [-0.2, 0) is 19.9 Å². The molecule has 2 aromatic rings. The molecule has 0 aliphatic carbocycles. The molecule has 1 unspecified atom stereocenters. The van der Waals surface area contributed by atoms with E-state index in [-0.39, 0.29) is 35.7 Å². The number of rotatable bonds is 3. The lowest BCUT2D eigenvalue weighted by Crippen LogP contribution is -2.33. The standard InChI is InChI=1S/C20H22FNO6S2/c21-17-5-2-1-4-16(17)20-8-9-22(10-13-29(20,23)24)30(25,26)15-6-7-18-19(14-15)28-12-3-11-27-18/h1-2,4-7,14,20H,3,8-13H2. The fourth-order valence-electron chi connectivity index (χ4n) is 3.70. The molecule has 7 nitrogen and oxygen atoms in total. The quantitative estimate of drug-likeness (QED) is 0.707. The predicted octanol–water partition coefficient (Wildman–Crippen LogP) is 2.54. The molecular weight excluding hydrogens is 433 g/mol. The summed E-state index contributed by atoms with van der Waals surface area (Å²) >= 11 is 0. The number of hydrogen-bond donors (Lipinski definition) is 0. The van der Waals surface area contributed by atoms with Gasteiger partial charge in [0.2, 0.25) is 10.0 Å². The van der Waals surface area contributed by atoms with Crippen LogP contribution in [0.1, 0.15) is 23.7 Å². The number of nitrogens with zero attached hydrogens (tertiary/aromatic N) is 1. The van der Waals surface area contributed by atoms with Crippen molar-refractivity contribution in [2.45, 2.75) is 23.0 Å².